The fourth-order valence-electron chi connectivity index (χ4n) is 4.22. The predicted octanol–water partition coefficient (Wildman–Crippen LogP) is 6.78. The van der Waals surface area contributed by atoms with Crippen LogP contribution in [0.15, 0.2) is 87.7 Å². The average Bonchev–Trinajstić information content (AvgIpc) is 3.19. The van der Waals surface area contributed by atoms with Crippen molar-refractivity contribution < 1.29 is 13.2 Å². The lowest BCUT2D eigenvalue weighted by atomic mass is 10.2. The second-order valence-electron chi connectivity index (χ2n) is 9.11. The second kappa shape index (κ2) is 12.5. The van der Waals surface area contributed by atoms with Crippen molar-refractivity contribution in [1.82, 2.24) is 9.99 Å². The van der Waals surface area contributed by atoms with E-state index in [4.69, 9.17) is 23.2 Å². The molecule has 0 fully saturated rings. The smallest absolute Gasteiger partial charge is 0.264 e. The second-order valence-corrected chi connectivity index (χ2v) is 12.7. The SMILES string of the molecule is CSc1ccc(S(=O)(=O)N(CC(=O)N/N=C\c2cc(C)n(-c3cc(Cl)cc(Cl)c3)c2C)c2ccc(C)cc2)cc1. The number of sulfonamides is 1. The maximum absolute atomic E-state index is 13.6. The summed E-state index contributed by atoms with van der Waals surface area (Å²) in [6.07, 6.45) is 3.44. The number of carbonyl (C=O) groups excluding carboxylic acids is 1. The van der Waals surface area contributed by atoms with E-state index in [2.05, 4.69) is 10.5 Å². The summed E-state index contributed by atoms with van der Waals surface area (Å²) >= 11 is 13.9. The number of hydrogen-bond acceptors (Lipinski definition) is 5. The first kappa shape index (κ1) is 29.7. The molecule has 4 aromatic rings. The molecule has 208 valence electrons. The van der Waals surface area contributed by atoms with Crippen molar-refractivity contribution in [3.05, 3.63) is 105 Å². The Morgan fingerprint density at radius 3 is 2.20 bits per heavy atom. The Balaban J connectivity index is 1.56. The topological polar surface area (TPSA) is 83.8 Å². The van der Waals surface area contributed by atoms with Gasteiger partial charge in [0, 0.05) is 37.6 Å². The number of benzene rings is 3. The molecule has 0 unspecified atom stereocenters. The quantitative estimate of drug-likeness (QED) is 0.128. The highest BCUT2D eigenvalue weighted by Gasteiger charge is 2.27. The molecule has 1 aromatic heterocycles. The molecule has 40 heavy (non-hydrogen) atoms. The van der Waals surface area contributed by atoms with Crippen molar-refractivity contribution in [2.45, 2.75) is 30.6 Å². The van der Waals surface area contributed by atoms with Gasteiger partial charge in [0.05, 0.1) is 16.8 Å². The molecule has 7 nitrogen and oxygen atoms in total. The van der Waals surface area contributed by atoms with Gasteiger partial charge in [-0.2, -0.15) is 5.10 Å². The molecule has 0 bridgehead atoms. The van der Waals surface area contributed by atoms with Crippen molar-refractivity contribution in [3.8, 4) is 5.69 Å². The molecule has 0 saturated carbocycles. The summed E-state index contributed by atoms with van der Waals surface area (Å²) < 4.78 is 30.3. The van der Waals surface area contributed by atoms with Crippen LogP contribution in [0.5, 0.6) is 0 Å². The van der Waals surface area contributed by atoms with E-state index in [0.717, 1.165) is 37.4 Å². The highest BCUT2D eigenvalue weighted by atomic mass is 35.5. The van der Waals surface area contributed by atoms with Gasteiger partial charge in [0.2, 0.25) is 0 Å². The monoisotopic (exact) mass is 614 g/mol. The Kier molecular flexibility index (Phi) is 9.30. The molecule has 4 rings (SSSR count). The third-order valence-electron chi connectivity index (χ3n) is 6.23. The number of hydrogen-bond donors (Lipinski definition) is 1. The minimum absolute atomic E-state index is 0.0933. The first-order valence-corrected chi connectivity index (χ1v) is 15.6. The van der Waals surface area contributed by atoms with E-state index in [1.165, 1.54) is 18.0 Å². The molecule has 11 heteroatoms. The summed E-state index contributed by atoms with van der Waals surface area (Å²) in [6.45, 7) is 5.31. The third kappa shape index (κ3) is 6.72. The molecule has 0 atom stereocenters. The van der Waals surface area contributed by atoms with Crippen LogP contribution in [0, 0.1) is 20.8 Å². The summed E-state index contributed by atoms with van der Waals surface area (Å²) in [4.78, 5) is 14.0. The van der Waals surface area contributed by atoms with Gasteiger partial charge < -0.3 is 4.57 Å². The van der Waals surface area contributed by atoms with Gasteiger partial charge in [0.25, 0.3) is 15.9 Å². The maximum Gasteiger partial charge on any atom is 0.264 e. The zero-order valence-electron chi connectivity index (χ0n) is 22.4. The first-order valence-electron chi connectivity index (χ1n) is 12.2. The van der Waals surface area contributed by atoms with Crippen molar-refractivity contribution in [2.75, 3.05) is 17.1 Å². The lowest BCUT2D eigenvalue weighted by Crippen LogP contribution is -2.39. The van der Waals surface area contributed by atoms with E-state index in [1.807, 2.05) is 49.8 Å². The number of aromatic nitrogens is 1. The van der Waals surface area contributed by atoms with Crippen molar-refractivity contribution >= 4 is 62.8 Å². The van der Waals surface area contributed by atoms with E-state index in [-0.39, 0.29) is 4.90 Å². The van der Waals surface area contributed by atoms with E-state index in [9.17, 15) is 13.2 Å². The van der Waals surface area contributed by atoms with E-state index < -0.39 is 22.5 Å². The Bertz CT molecular complexity index is 1650. The minimum atomic E-state index is -4.02. The van der Waals surface area contributed by atoms with Crippen molar-refractivity contribution in [2.24, 2.45) is 5.10 Å². The minimum Gasteiger partial charge on any atom is -0.318 e. The number of aryl methyl sites for hydroxylation is 2. The Labute approximate surface area is 248 Å². The molecule has 1 N–H and O–H groups in total. The number of amides is 1. The van der Waals surface area contributed by atoms with E-state index >= 15 is 0 Å². The van der Waals surface area contributed by atoms with Crippen LogP contribution in [0.2, 0.25) is 10.0 Å². The van der Waals surface area contributed by atoms with Gasteiger partial charge in [-0.15, -0.1) is 11.8 Å². The molecule has 0 spiro atoms. The summed E-state index contributed by atoms with van der Waals surface area (Å²) in [7, 11) is -4.02. The molecular formula is C29H28Cl2N4O3S2. The lowest BCUT2D eigenvalue weighted by molar-refractivity contribution is -0.119. The molecular weight excluding hydrogens is 587 g/mol. The molecule has 1 heterocycles. The van der Waals surface area contributed by atoms with Gasteiger partial charge in [-0.3, -0.25) is 9.10 Å². The fourth-order valence-corrected chi connectivity index (χ4v) is 6.57. The van der Waals surface area contributed by atoms with Crippen LogP contribution >= 0.6 is 35.0 Å². The normalized spacial score (nSPS) is 11.7. The number of rotatable bonds is 9. The lowest BCUT2D eigenvalue weighted by Gasteiger charge is -2.24. The highest BCUT2D eigenvalue weighted by molar-refractivity contribution is 7.98. The van der Waals surface area contributed by atoms with Crippen molar-refractivity contribution in [1.29, 1.82) is 0 Å². The largest absolute Gasteiger partial charge is 0.318 e. The number of halogens is 2. The zero-order valence-corrected chi connectivity index (χ0v) is 25.5. The summed E-state index contributed by atoms with van der Waals surface area (Å²) in [5.41, 5.74) is 7.18. The van der Waals surface area contributed by atoms with E-state index in [1.54, 1.807) is 54.6 Å². The zero-order chi connectivity index (χ0) is 29.0. The molecule has 3 aromatic carbocycles. The number of nitrogens with one attached hydrogen (secondary N) is 1. The van der Waals surface area contributed by atoms with Gasteiger partial charge in [-0.1, -0.05) is 40.9 Å². The molecule has 0 radical (unpaired) electrons. The van der Waals surface area contributed by atoms with Crippen LogP contribution in [0.25, 0.3) is 5.69 Å². The fraction of sp³-hybridized carbons (Fsp3) is 0.172. The molecule has 0 aliphatic carbocycles. The van der Waals surface area contributed by atoms with Crippen LogP contribution < -0.4 is 9.73 Å². The van der Waals surface area contributed by atoms with Gasteiger partial charge >= 0.3 is 0 Å². The van der Waals surface area contributed by atoms with Crippen LogP contribution in [-0.2, 0) is 14.8 Å². The summed E-state index contributed by atoms with van der Waals surface area (Å²) in [5.74, 6) is -0.587. The number of anilines is 1. The van der Waals surface area contributed by atoms with Crippen LogP contribution in [0.1, 0.15) is 22.5 Å². The maximum atomic E-state index is 13.6. The van der Waals surface area contributed by atoms with Crippen LogP contribution in [0.4, 0.5) is 5.69 Å². The van der Waals surface area contributed by atoms with Crippen LogP contribution in [-0.4, -0.2) is 37.9 Å². The Morgan fingerprint density at radius 1 is 0.975 bits per heavy atom. The standard InChI is InChI=1S/C29H28Cl2N4O3S2/c1-19-5-7-25(8-6-19)34(40(37,38)28-11-9-27(39-4)10-12-28)18-29(36)33-32-17-22-13-20(2)35(21(22)3)26-15-23(30)14-24(31)16-26/h5-17H,18H2,1-4H3,(H,33,36)/b32-17-. The molecule has 0 aliphatic heterocycles. The van der Waals surface area contributed by atoms with Gasteiger partial charge in [0.1, 0.15) is 6.54 Å². The first-order chi connectivity index (χ1) is 19.0. The molecule has 0 saturated heterocycles. The van der Waals surface area contributed by atoms with Gasteiger partial charge in [-0.05, 0) is 87.7 Å². The van der Waals surface area contributed by atoms with Gasteiger partial charge in [0.15, 0.2) is 0 Å². The number of carbonyl (C=O) groups is 1. The number of thioether (sulfide) groups is 1. The summed E-state index contributed by atoms with van der Waals surface area (Å²) in [5, 5.41) is 5.15. The predicted molar refractivity (Wildman–Crippen MR) is 165 cm³/mol. The van der Waals surface area contributed by atoms with E-state index in [0.29, 0.717) is 15.7 Å². The number of hydrazone groups is 1. The van der Waals surface area contributed by atoms with Crippen LogP contribution in [0.3, 0.4) is 0 Å². The highest BCUT2D eigenvalue weighted by Crippen LogP contribution is 2.27. The number of nitrogens with zero attached hydrogens (tertiary/aromatic N) is 3. The Morgan fingerprint density at radius 2 is 1.60 bits per heavy atom. The van der Waals surface area contributed by atoms with Gasteiger partial charge in [-0.25, -0.2) is 13.8 Å². The van der Waals surface area contributed by atoms with Crippen molar-refractivity contribution in [3.63, 3.8) is 0 Å². The molecule has 1 amide bonds. The third-order valence-corrected chi connectivity index (χ3v) is 9.19. The average molecular weight is 616 g/mol. The molecule has 0 aliphatic rings. The summed E-state index contributed by atoms with van der Waals surface area (Å²) in [6, 6.07) is 20.7. The Hall–Kier alpha value is -3.24.